The highest BCUT2D eigenvalue weighted by atomic mass is 35.5. The third kappa shape index (κ3) is 2.79. The highest BCUT2D eigenvalue weighted by molar-refractivity contribution is 7.80. The fraction of sp³-hybridized carbons (Fsp3) is 0.417. The van der Waals surface area contributed by atoms with Gasteiger partial charge >= 0.3 is 0 Å². The van der Waals surface area contributed by atoms with Gasteiger partial charge in [0.2, 0.25) is 0 Å². The first-order valence-corrected chi connectivity index (χ1v) is 6.60. The second kappa shape index (κ2) is 5.63. The minimum atomic E-state index is -0.154. The summed E-state index contributed by atoms with van der Waals surface area (Å²) in [5.74, 6) is -0.135. The van der Waals surface area contributed by atoms with Gasteiger partial charge < -0.3 is 10.6 Å². The number of hydrogen-bond donors (Lipinski definition) is 1. The topological polar surface area (TPSA) is 59.2 Å². The van der Waals surface area contributed by atoms with E-state index in [0.29, 0.717) is 22.2 Å². The molecular formula is C12H14ClN3OS. The first-order chi connectivity index (χ1) is 8.59. The van der Waals surface area contributed by atoms with Crippen LogP contribution in [0.1, 0.15) is 29.8 Å². The van der Waals surface area contributed by atoms with Crippen LogP contribution in [-0.2, 0) is 0 Å². The number of piperidine rings is 1. The normalized spacial score (nSPS) is 19.6. The summed E-state index contributed by atoms with van der Waals surface area (Å²) < 4.78 is 0. The SMILES string of the molecule is NC(=S)C1CCCCN1C(=O)c1ccc(Cl)cn1. The summed E-state index contributed by atoms with van der Waals surface area (Å²) in [5, 5.41) is 0.510. The summed E-state index contributed by atoms with van der Waals surface area (Å²) in [4.78, 5) is 18.5. The van der Waals surface area contributed by atoms with Gasteiger partial charge in [-0.3, -0.25) is 4.79 Å². The van der Waals surface area contributed by atoms with Crippen LogP contribution in [0.5, 0.6) is 0 Å². The molecule has 1 aromatic rings. The van der Waals surface area contributed by atoms with Gasteiger partial charge in [0.25, 0.3) is 5.91 Å². The summed E-state index contributed by atoms with van der Waals surface area (Å²) in [5.41, 5.74) is 6.07. The van der Waals surface area contributed by atoms with E-state index in [1.165, 1.54) is 6.20 Å². The molecule has 18 heavy (non-hydrogen) atoms. The first kappa shape index (κ1) is 13.2. The van der Waals surface area contributed by atoms with Gasteiger partial charge in [0.05, 0.1) is 16.1 Å². The van der Waals surface area contributed by atoms with Gasteiger partial charge in [-0.25, -0.2) is 4.98 Å². The van der Waals surface area contributed by atoms with Gasteiger partial charge in [0, 0.05) is 12.7 Å². The Morgan fingerprint density at radius 2 is 2.28 bits per heavy atom. The Balaban J connectivity index is 2.20. The number of rotatable bonds is 2. The van der Waals surface area contributed by atoms with Crippen LogP contribution < -0.4 is 5.73 Å². The third-order valence-corrected chi connectivity index (χ3v) is 3.53. The molecule has 2 rings (SSSR count). The van der Waals surface area contributed by atoms with Gasteiger partial charge in [0.15, 0.2) is 0 Å². The molecule has 0 aliphatic carbocycles. The number of aromatic nitrogens is 1. The number of carbonyl (C=O) groups excluding carboxylic acids is 1. The molecule has 1 saturated heterocycles. The van der Waals surface area contributed by atoms with Gasteiger partial charge in [-0.15, -0.1) is 0 Å². The number of halogens is 1. The molecule has 1 atom stereocenters. The van der Waals surface area contributed by atoms with E-state index >= 15 is 0 Å². The fourth-order valence-electron chi connectivity index (χ4n) is 2.12. The Morgan fingerprint density at radius 1 is 1.50 bits per heavy atom. The number of thiocarbonyl (C=S) groups is 1. The van der Waals surface area contributed by atoms with Crippen molar-refractivity contribution >= 4 is 34.7 Å². The smallest absolute Gasteiger partial charge is 0.273 e. The molecule has 0 saturated carbocycles. The fourth-order valence-corrected chi connectivity index (χ4v) is 2.48. The highest BCUT2D eigenvalue weighted by Gasteiger charge is 2.29. The minimum absolute atomic E-state index is 0.135. The molecule has 2 N–H and O–H groups in total. The molecule has 1 aromatic heterocycles. The Bertz CT molecular complexity index is 463. The van der Waals surface area contributed by atoms with E-state index in [0.717, 1.165) is 19.3 Å². The number of nitrogens with two attached hydrogens (primary N) is 1. The number of hydrogen-bond acceptors (Lipinski definition) is 3. The van der Waals surface area contributed by atoms with Crippen molar-refractivity contribution in [1.82, 2.24) is 9.88 Å². The van der Waals surface area contributed by atoms with E-state index in [9.17, 15) is 4.79 Å². The molecule has 1 aliphatic heterocycles. The summed E-state index contributed by atoms with van der Waals surface area (Å²) in [6.45, 7) is 0.672. The quantitative estimate of drug-likeness (QED) is 0.844. The van der Waals surface area contributed by atoms with Gasteiger partial charge in [-0.05, 0) is 31.4 Å². The molecular weight excluding hydrogens is 270 g/mol. The molecule has 4 nitrogen and oxygen atoms in total. The molecule has 0 bridgehead atoms. The van der Waals surface area contributed by atoms with Crippen LogP contribution in [0.15, 0.2) is 18.3 Å². The Hall–Kier alpha value is -1.20. The lowest BCUT2D eigenvalue weighted by Gasteiger charge is -2.34. The van der Waals surface area contributed by atoms with Crippen LogP contribution in [0.4, 0.5) is 0 Å². The molecule has 2 heterocycles. The van der Waals surface area contributed by atoms with E-state index in [1.54, 1.807) is 17.0 Å². The van der Waals surface area contributed by atoms with Crippen LogP contribution >= 0.6 is 23.8 Å². The van der Waals surface area contributed by atoms with Crippen molar-refractivity contribution in [3.63, 3.8) is 0 Å². The van der Waals surface area contributed by atoms with Crippen molar-refractivity contribution < 1.29 is 4.79 Å². The van der Waals surface area contributed by atoms with Crippen LogP contribution in [0.2, 0.25) is 5.02 Å². The van der Waals surface area contributed by atoms with Crippen molar-refractivity contribution in [1.29, 1.82) is 0 Å². The van der Waals surface area contributed by atoms with E-state index in [1.807, 2.05) is 0 Å². The summed E-state index contributed by atoms with van der Waals surface area (Å²) in [6.07, 6.45) is 4.31. The second-order valence-corrected chi connectivity index (χ2v) is 5.18. The number of amides is 1. The molecule has 1 fully saturated rings. The van der Waals surface area contributed by atoms with Crippen molar-refractivity contribution in [2.24, 2.45) is 5.73 Å². The Labute approximate surface area is 116 Å². The Morgan fingerprint density at radius 3 is 2.89 bits per heavy atom. The van der Waals surface area contributed by atoms with Crippen molar-refractivity contribution in [3.8, 4) is 0 Å². The molecule has 96 valence electrons. The van der Waals surface area contributed by atoms with E-state index < -0.39 is 0 Å². The highest BCUT2D eigenvalue weighted by Crippen LogP contribution is 2.19. The predicted molar refractivity (Wildman–Crippen MR) is 74.7 cm³/mol. The Kier molecular flexibility index (Phi) is 4.14. The van der Waals surface area contributed by atoms with E-state index in [2.05, 4.69) is 4.98 Å². The molecule has 0 radical (unpaired) electrons. The van der Waals surface area contributed by atoms with Crippen LogP contribution in [0, 0.1) is 0 Å². The molecule has 0 aromatic carbocycles. The molecule has 0 spiro atoms. The summed E-state index contributed by atoms with van der Waals surface area (Å²) in [6, 6.07) is 3.12. The zero-order chi connectivity index (χ0) is 13.1. The zero-order valence-electron chi connectivity index (χ0n) is 9.80. The van der Waals surface area contributed by atoms with Crippen molar-refractivity contribution in [2.45, 2.75) is 25.3 Å². The minimum Gasteiger partial charge on any atom is -0.392 e. The number of nitrogens with zero attached hydrogens (tertiary/aromatic N) is 2. The van der Waals surface area contributed by atoms with Crippen LogP contribution in [0.3, 0.4) is 0 Å². The number of pyridine rings is 1. The average molecular weight is 284 g/mol. The molecule has 1 unspecified atom stereocenters. The monoisotopic (exact) mass is 283 g/mol. The summed E-state index contributed by atoms with van der Waals surface area (Å²) >= 11 is 10.8. The third-order valence-electron chi connectivity index (χ3n) is 3.04. The summed E-state index contributed by atoms with van der Waals surface area (Å²) in [7, 11) is 0. The number of carbonyl (C=O) groups is 1. The van der Waals surface area contributed by atoms with E-state index in [4.69, 9.17) is 29.6 Å². The zero-order valence-corrected chi connectivity index (χ0v) is 11.4. The first-order valence-electron chi connectivity index (χ1n) is 5.81. The van der Waals surface area contributed by atoms with Gasteiger partial charge in [0.1, 0.15) is 5.69 Å². The number of likely N-dealkylation sites (tertiary alicyclic amines) is 1. The van der Waals surface area contributed by atoms with Gasteiger partial charge in [-0.1, -0.05) is 23.8 Å². The van der Waals surface area contributed by atoms with Crippen LogP contribution in [0.25, 0.3) is 0 Å². The average Bonchev–Trinajstić information content (AvgIpc) is 2.39. The lowest BCUT2D eigenvalue weighted by atomic mass is 10.0. The molecule has 6 heteroatoms. The molecule has 1 amide bonds. The van der Waals surface area contributed by atoms with Gasteiger partial charge in [-0.2, -0.15) is 0 Å². The maximum atomic E-state index is 12.3. The standard InChI is InChI=1S/C12H14ClN3OS/c13-8-4-5-9(15-7-8)12(17)16-6-2-1-3-10(16)11(14)18/h4-5,7,10H,1-3,6H2,(H2,14,18). The van der Waals surface area contributed by atoms with E-state index in [-0.39, 0.29) is 11.9 Å². The van der Waals surface area contributed by atoms with Crippen molar-refractivity contribution in [3.05, 3.63) is 29.0 Å². The largest absolute Gasteiger partial charge is 0.392 e. The van der Waals surface area contributed by atoms with Crippen LogP contribution in [-0.4, -0.2) is 33.4 Å². The maximum Gasteiger partial charge on any atom is 0.273 e. The predicted octanol–water partition coefficient (Wildman–Crippen LogP) is 2.02. The second-order valence-electron chi connectivity index (χ2n) is 4.27. The lowest BCUT2D eigenvalue weighted by molar-refractivity contribution is 0.0675. The maximum absolute atomic E-state index is 12.3. The van der Waals surface area contributed by atoms with Crippen molar-refractivity contribution in [2.75, 3.05) is 6.54 Å². The molecule has 1 aliphatic rings. The lowest BCUT2D eigenvalue weighted by Crippen LogP contribution is -2.50.